The molecule has 0 spiro atoms. The van der Waals surface area contributed by atoms with Gasteiger partial charge in [0.25, 0.3) is 0 Å². The molecule has 0 aliphatic carbocycles. The van der Waals surface area contributed by atoms with Gasteiger partial charge in [-0.2, -0.15) is 0 Å². The Labute approximate surface area is 160 Å². The van der Waals surface area contributed by atoms with E-state index in [1.165, 1.54) is 11.1 Å². The number of hydrogen-bond acceptors (Lipinski definition) is 3. The van der Waals surface area contributed by atoms with Crippen molar-refractivity contribution in [2.24, 2.45) is 0 Å². The number of piperidine rings is 1. The lowest BCUT2D eigenvalue weighted by molar-refractivity contribution is -0.117. The lowest BCUT2D eigenvalue weighted by atomic mass is 10.0. The summed E-state index contributed by atoms with van der Waals surface area (Å²) >= 11 is 0. The average molecular weight is 362 g/mol. The van der Waals surface area contributed by atoms with E-state index in [4.69, 9.17) is 4.74 Å². The molecule has 4 heteroatoms. The Morgan fingerprint density at radius 2 is 2.11 bits per heavy atom. The first kappa shape index (κ1) is 17.8. The Morgan fingerprint density at radius 1 is 1.22 bits per heavy atom. The van der Waals surface area contributed by atoms with Gasteiger partial charge in [-0.15, -0.1) is 0 Å². The summed E-state index contributed by atoms with van der Waals surface area (Å²) in [6.45, 7) is 3.70. The number of nitrogens with one attached hydrogen (secondary N) is 1. The van der Waals surface area contributed by atoms with Crippen LogP contribution in [0.25, 0.3) is 6.08 Å². The van der Waals surface area contributed by atoms with E-state index in [0.717, 1.165) is 56.8 Å². The maximum Gasteiger partial charge on any atom is 0.244 e. The zero-order valence-electron chi connectivity index (χ0n) is 15.6. The van der Waals surface area contributed by atoms with E-state index in [0.29, 0.717) is 0 Å². The molecule has 1 atom stereocenters. The van der Waals surface area contributed by atoms with Gasteiger partial charge in [0.05, 0.1) is 6.61 Å². The van der Waals surface area contributed by atoms with Crippen molar-refractivity contribution >= 4 is 12.0 Å². The van der Waals surface area contributed by atoms with Crippen molar-refractivity contribution in [1.82, 2.24) is 10.2 Å². The molecule has 2 aliphatic rings. The second-order valence-corrected chi connectivity index (χ2v) is 7.37. The van der Waals surface area contributed by atoms with Gasteiger partial charge in [-0.1, -0.05) is 36.4 Å². The fourth-order valence-electron chi connectivity index (χ4n) is 3.89. The Hall–Kier alpha value is -2.59. The van der Waals surface area contributed by atoms with Crippen molar-refractivity contribution < 1.29 is 9.53 Å². The number of amides is 1. The Balaban J connectivity index is 1.29. The number of ether oxygens (including phenoxy) is 1. The molecule has 0 bridgehead atoms. The first-order valence-corrected chi connectivity index (χ1v) is 9.77. The third-order valence-corrected chi connectivity index (χ3v) is 5.24. The summed E-state index contributed by atoms with van der Waals surface area (Å²) in [5.74, 6) is 0.954. The minimum atomic E-state index is -0.0155. The SMILES string of the molecule is O=C(/C=C/c1ccc2c(c1)CCO2)NC1CCCN(Cc2ccccc2)C1. The molecule has 0 saturated carbocycles. The molecule has 1 unspecified atom stereocenters. The Bertz CT molecular complexity index is 816. The molecule has 1 saturated heterocycles. The van der Waals surface area contributed by atoms with Gasteiger partial charge in [-0.05, 0) is 54.3 Å². The Kier molecular flexibility index (Phi) is 5.54. The van der Waals surface area contributed by atoms with Crippen LogP contribution in [0.5, 0.6) is 5.75 Å². The first-order valence-electron chi connectivity index (χ1n) is 9.77. The molecule has 2 aromatic carbocycles. The van der Waals surface area contributed by atoms with E-state index >= 15 is 0 Å². The first-order chi connectivity index (χ1) is 13.3. The third kappa shape index (κ3) is 4.77. The quantitative estimate of drug-likeness (QED) is 0.829. The van der Waals surface area contributed by atoms with Gasteiger partial charge in [0.2, 0.25) is 5.91 Å². The van der Waals surface area contributed by atoms with Crippen LogP contribution in [0.15, 0.2) is 54.6 Å². The van der Waals surface area contributed by atoms with E-state index in [1.54, 1.807) is 6.08 Å². The van der Waals surface area contributed by atoms with Crippen LogP contribution < -0.4 is 10.1 Å². The zero-order chi connectivity index (χ0) is 18.5. The van der Waals surface area contributed by atoms with Crippen LogP contribution in [-0.4, -0.2) is 36.5 Å². The molecule has 0 radical (unpaired) electrons. The summed E-state index contributed by atoms with van der Waals surface area (Å²) in [4.78, 5) is 14.8. The highest BCUT2D eigenvalue weighted by atomic mass is 16.5. The minimum Gasteiger partial charge on any atom is -0.493 e. The van der Waals surface area contributed by atoms with Gasteiger partial charge in [0, 0.05) is 31.6 Å². The van der Waals surface area contributed by atoms with E-state index in [-0.39, 0.29) is 11.9 Å². The molecule has 1 N–H and O–H groups in total. The molecule has 4 rings (SSSR count). The standard InChI is InChI=1S/C23H26N2O2/c26-23(11-9-18-8-10-22-20(15-18)12-14-27-22)24-21-7-4-13-25(17-21)16-19-5-2-1-3-6-19/h1-3,5-6,8-11,15,21H,4,7,12-14,16-17H2,(H,24,26)/b11-9+. The number of likely N-dealkylation sites (tertiary alicyclic amines) is 1. The van der Waals surface area contributed by atoms with Crippen LogP contribution in [0.1, 0.15) is 29.5 Å². The summed E-state index contributed by atoms with van der Waals surface area (Å²) < 4.78 is 5.52. The second kappa shape index (κ2) is 8.40. The number of carbonyl (C=O) groups excluding carboxylic acids is 1. The van der Waals surface area contributed by atoms with Gasteiger partial charge < -0.3 is 10.1 Å². The van der Waals surface area contributed by atoms with Crippen molar-refractivity contribution in [2.45, 2.75) is 31.8 Å². The minimum absolute atomic E-state index is 0.0155. The number of carbonyl (C=O) groups is 1. The molecule has 2 aromatic rings. The van der Waals surface area contributed by atoms with Gasteiger partial charge in [-0.3, -0.25) is 9.69 Å². The van der Waals surface area contributed by atoms with E-state index in [2.05, 4.69) is 40.5 Å². The molecule has 4 nitrogen and oxygen atoms in total. The van der Waals surface area contributed by atoms with Gasteiger partial charge >= 0.3 is 0 Å². The summed E-state index contributed by atoms with van der Waals surface area (Å²) in [6, 6.07) is 16.8. The Morgan fingerprint density at radius 3 is 3.00 bits per heavy atom. The summed E-state index contributed by atoms with van der Waals surface area (Å²) in [5, 5.41) is 3.17. The second-order valence-electron chi connectivity index (χ2n) is 7.37. The molecular weight excluding hydrogens is 336 g/mol. The van der Waals surface area contributed by atoms with Crippen molar-refractivity contribution in [2.75, 3.05) is 19.7 Å². The maximum atomic E-state index is 12.3. The number of fused-ring (bicyclic) bond motifs is 1. The van der Waals surface area contributed by atoms with Gasteiger partial charge in [-0.25, -0.2) is 0 Å². The number of nitrogens with zero attached hydrogens (tertiary/aromatic N) is 1. The summed E-state index contributed by atoms with van der Waals surface area (Å²) in [6.07, 6.45) is 6.64. The third-order valence-electron chi connectivity index (χ3n) is 5.24. The predicted molar refractivity (Wildman–Crippen MR) is 108 cm³/mol. The fourth-order valence-corrected chi connectivity index (χ4v) is 3.89. The molecule has 1 fully saturated rings. The van der Waals surface area contributed by atoms with Crippen LogP contribution in [0.4, 0.5) is 0 Å². The lowest BCUT2D eigenvalue weighted by Crippen LogP contribution is -2.46. The topological polar surface area (TPSA) is 41.6 Å². The average Bonchev–Trinajstić information content (AvgIpc) is 3.15. The number of rotatable bonds is 5. The van der Waals surface area contributed by atoms with Crippen LogP contribution in [-0.2, 0) is 17.8 Å². The fraction of sp³-hybridized carbons (Fsp3) is 0.348. The van der Waals surface area contributed by atoms with E-state index in [1.807, 2.05) is 24.3 Å². The zero-order valence-corrected chi connectivity index (χ0v) is 15.6. The number of benzene rings is 2. The maximum absolute atomic E-state index is 12.3. The van der Waals surface area contributed by atoms with Gasteiger partial charge in [0.1, 0.15) is 5.75 Å². The van der Waals surface area contributed by atoms with E-state index in [9.17, 15) is 4.79 Å². The van der Waals surface area contributed by atoms with Crippen molar-refractivity contribution in [3.05, 3.63) is 71.3 Å². The normalized spacial score (nSPS) is 19.6. The van der Waals surface area contributed by atoms with Crippen LogP contribution >= 0.6 is 0 Å². The monoisotopic (exact) mass is 362 g/mol. The molecule has 0 aromatic heterocycles. The predicted octanol–water partition coefficient (Wildman–Crippen LogP) is 3.42. The van der Waals surface area contributed by atoms with Crippen LogP contribution in [0.3, 0.4) is 0 Å². The summed E-state index contributed by atoms with van der Waals surface area (Å²) in [7, 11) is 0. The number of hydrogen-bond donors (Lipinski definition) is 1. The molecule has 27 heavy (non-hydrogen) atoms. The lowest BCUT2D eigenvalue weighted by Gasteiger charge is -2.33. The van der Waals surface area contributed by atoms with Crippen molar-refractivity contribution in [3.63, 3.8) is 0 Å². The van der Waals surface area contributed by atoms with E-state index < -0.39 is 0 Å². The largest absolute Gasteiger partial charge is 0.493 e. The highest BCUT2D eigenvalue weighted by molar-refractivity contribution is 5.92. The molecular formula is C23H26N2O2. The van der Waals surface area contributed by atoms with Crippen molar-refractivity contribution in [3.8, 4) is 5.75 Å². The highest BCUT2D eigenvalue weighted by Gasteiger charge is 2.20. The van der Waals surface area contributed by atoms with Gasteiger partial charge in [0.15, 0.2) is 0 Å². The molecule has 1 amide bonds. The van der Waals surface area contributed by atoms with Crippen LogP contribution in [0.2, 0.25) is 0 Å². The smallest absolute Gasteiger partial charge is 0.244 e. The summed E-state index contributed by atoms with van der Waals surface area (Å²) in [5.41, 5.74) is 3.59. The van der Waals surface area contributed by atoms with Crippen LogP contribution in [0, 0.1) is 0 Å². The highest BCUT2D eigenvalue weighted by Crippen LogP contribution is 2.26. The van der Waals surface area contributed by atoms with Crippen molar-refractivity contribution in [1.29, 1.82) is 0 Å². The molecule has 2 aliphatic heterocycles. The molecule has 140 valence electrons. The molecule has 2 heterocycles.